The zero-order chi connectivity index (χ0) is 6.85. The molecule has 0 atom stereocenters. The molecule has 1 rings (SSSR count). The van der Waals surface area contributed by atoms with Gasteiger partial charge in [0.25, 0.3) is 0 Å². The van der Waals surface area contributed by atoms with Gasteiger partial charge in [0.15, 0.2) is 11.5 Å². The summed E-state index contributed by atoms with van der Waals surface area (Å²) in [5.74, 6) is -0.506. The quantitative estimate of drug-likeness (QED) is 0.484. The fraction of sp³-hybridized carbons (Fsp3) is 0.200. The molecule has 0 unspecified atom stereocenters. The van der Waals surface area contributed by atoms with E-state index in [0.29, 0.717) is 5.75 Å². The van der Waals surface area contributed by atoms with Crippen LogP contribution in [0, 0.1) is 0 Å². The first kappa shape index (κ1) is 6.35. The summed E-state index contributed by atoms with van der Waals surface area (Å²) in [4.78, 5) is 0. The van der Waals surface area contributed by atoms with Crippen LogP contribution in [0.1, 0.15) is 0 Å². The van der Waals surface area contributed by atoms with Gasteiger partial charge in [0.1, 0.15) is 5.76 Å². The zero-order valence-electron chi connectivity index (χ0n) is 4.53. The second kappa shape index (κ2) is 2.23. The molecule has 0 saturated carbocycles. The minimum absolute atomic E-state index is 0.167. The second-order valence-corrected chi connectivity index (χ2v) is 2.47. The number of rotatable bonds is 0. The van der Waals surface area contributed by atoms with Gasteiger partial charge in [0.2, 0.25) is 0 Å². The summed E-state index contributed by atoms with van der Waals surface area (Å²) in [5.41, 5.74) is 0. The third kappa shape index (κ3) is 1.13. The summed E-state index contributed by atoms with van der Waals surface area (Å²) in [7, 11) is 0. The maximum Gasteiger partial charge on any atom is 0.197 e. The Balaban J connectivity index is 2.88. The monoisotopic (exact) mass is 146 g/mol. The summed E-state index contributed by atoms with van der Waals surface area (Å²) >= 11 is 1.23. The first-order valence-corrected chi connectivity index (χ1v) is 3.39. The molecule has 9 heavy (non-hydrogen) atoms. The molecule has 0 saturated heterocycles. The predicted octanol–water partition coefficient (Wildman–Crippen LogP) is 1.46. The van der Waals surface area contributed by atoms with E-state index >= 15 is 0 Å². The van der Waals surface area contributed by atoms with Gasteiger partial charge in [-0.25, -0.2) is 0 Å². The molecule has 0 aliphatic carbocycles. The lowest BCUT2D eigenvalue weighted by molar-refractivity contribution is 0.285. The highest BCUT2D eigenvalue weighted by Crippen LogP contribution is 2.21. The van der Waals surface area contributed by atoms with E-state index in [4.69, 9.17) is 15.3 Å². The molecule has 0 aromatic rings. The number of aliphatic hydroxyl groups excluding tert-OH is 3. The van der Waals surface area contributed by atoms with Crippen LogP contribution in [0.15, 0.2) is 22.7 Å². The summed E-state index contributed by atoms with van der Waals surface area (Å²) < 4.78 is 0. The van der Waals surface area contributed by atoms with E-state index < -0.39 is 5.76 Å². The van der Waals surface area contributed by atoms with E-state index in [9.17, 15) is 0 Å². The van der Waals surface area contributed by atoms with Gasteiger partial charge in [-0.2, -0.15) is 0 Å². The van der Waals surface area contributed by atoms with Gasteiger partial charge in [-0.1, -0.05) is 0 Å². The van der Waals surface area contributed by atoms with Crippen LogP contribution < -0.4 is 0 Å². The molecule has 0 bridgehead atoms. The molecule has 0 fully saturated rings. The maximum atomic E-state index is 8.76. The molecule has 0 aromatic heterocycles. The van der Waals surface area contributed by atoms with E-state index in [0.717, 1.165) is 0 Å². The Labute approximate surface area is 56.3 Å². The minimum atomic E-state index is -0.409. The Morgan fingerprint density at radius 3 is 2.44 bits per heavy atom. The van der Waals surface area contributed by atoms with Crippen LogP contribution in [-0.4, -0.2) is 21.1 Å². The molecule has 50 valence electrons. The minimum Gasteiger partial charge on any atom is -0.507 e. The van der Waals surface area contributed by atoms with Gasteiger partial charge in [-0.15, -0.1) is 11.8 Å². The van der Waals surface area contributed by atoms with Crippen LogP contribution >= 0.6 is 11.8 Å². The standard InChI is InChI=1S/C5H6O3S/c6-3-1-9-2-4(7)5(3)8/h1,6-8H,2H2. The van der Waals surface area contributed by atoms with Crippen LogP contribution in [0.5, 0.6) is 0 Å². The first-order chi connectivity index (χ1) is 4.22. The molecule has 0 aromatic carbocycles. The average molecular weight is 146 g/mol. The van der Waals surface area contributed by atoms with Crippen LogP contribution in [0.2, 0.25) is 0 Å². The van der Waals surface area contributed by atoms with Gasteiger partial charge < -0.3 is 15.3 Å². The molecule has 1 aliphatic heterocycles. The Kier molecular flexibility index (Phi) is 1.57. The van der Waals surface area contributed by atoms with Crippen LogP contribution in [0.25, 0.3) is 0 Å². The summed E-state index contributed by atoms with van der Waals surface area (Å²) in [5, 5.41) is 27.6. The molecule has 3 N–H and O–H groups in total. The molecule has 0 amide bonds. The molecular weight excluding hydrogens is 140 g/mol. The van der Waals surface area contributed by atoms with Crippen molar-refractivity contribution in [2.45, 2.75) is 0 Å². The summed E-state index contributed by atoms with van der Waals surface area (Å²) in [6.45, 7) is 0. The SMILES string of the molecule is OC1=CSCC(O)=C1O. The highest BCUT2D eigenvalue weighted by molar-refractivity contribution is 8.02. The molecule has 1 heterocycles. The maximum absolute atomic E-state index is 8.76. The molecular formula is C5H6O3S. The van der Waals surface area contributed by atoms with Gasteiger partial charge in [-0.05, 0) is 0 Å². The molecule has 0 radical (unpaired) electrons. The van der Waals surface area contributed by atoms with Crippen molar-refractivity contribution in [3.05, 3.63) is 22.7 Å². The van der Waals surface area contributed by atoms with Gasteiger partial charge >= 0.3 is 0 Å². The lowest BCUT2D eigenvalue weighted by Gasteiger charge is -2.07. The largest absolute Gasteiger partial charge is 0.507 e. The van der Waals surface area contributed by atoms with Crippen molar-refractivity contribution >= 4 is 11.8 Å². The highest BCUT2D eigenvalue weighted by atomic mass is 32.2. The average Bonchev–Trinajstić information content (AvgIpc) is 1.83. The number of hydrogen-bond acceptors (Lipinski definition) is 4. The number of aliphatic hydroxyl groups is 3. The van der Waals surface area contributed by atoms with E-state index in [1.54, 1.807) is 0 Å². The Morgan fingerprint density at radius 1 is 1.33 bits per heavy atom. The molecule has 0 spiro atoms. The van der Waals surface area contributed by atoms with Gasteiger partial charge in [0, 0.05) is 5.41 Å². The molecule has 3 nitrogen and oxygen atoms in total. The fourth-order valence-corrected chi connectivity index (χ4v) is 1.12. The highest BCUT2D eigenvalue weighted by Gasteiger charge is 2.12. The van der Waals surface area contributed by atoms with E-state index in [-0.39, 0.29) is 11.5 Å². The van der Waals surface area contributed by atoms with Crippen molar-refractivity contribution in [1.82, 2.24) is 0 Å². The van der Waals surface area contributed by atoms with Crippen LogP contribution in [0.4, 0.5) is 0 Å². The normalized spacial score (nSPS) is 19.8. The van der Waals surface area contributed by atoms with Crippen molar-refractivity contribution in [2.24, 2.45) is 0 Å². The van der Waals surface area contributed by atoms with Crippen molar-refractivity contribution in [3.63, 3.8) is 0 Å². The Bertz CT molecular complexity index is 183. The van der Waals surface area contributed by atoms with Crippen molar-refractivity contribution in [3.8, 4) is 0 Å². The summed E-state index contributed by atoms with van der Waals surface area (Å²) in [6.07, 6.45) is 0. The van der Waals surface area contributed by atoms with Crippen LogP contribution in [0.3, 0.4) is 0 Å². The molecule has 1 aliphatic rings. The second-order valence-electron chi connectivity index (χ2n) is 1.61. The lowest BCUT2D eigenvalue weighted by Crippen LogP contribution is -2.00. The Morgan fingerprint density at radius 2 is 2.00 bits per heavy atom. The lowest BCUT2D eigenvalue weighted by atomic mass is 10.4. The van der Waals surface area contributed by atoms with E-state index in [2.05, 4.69) is 0 Å². The van der Waals surface area contributed by atoms with Crippen molar-refractivity contribution < 1.29 is 15.3 Å². The predicted molar refractivity (Wildman–Crippen MR) is 35.5 cm³/mol. The number of hydrogen-bond donors (Lipinski definition) is 3. The molecule has 4 heteroatoms. The fourth-order valence-electron chi connectivity index (χ4n) is 0.472. The number of thioether (sulfide) groups is 1. The van der Waals surface area contributed by atoms with Crippen molar-refractivity contribution in [2.75, 3.05) is 5.75 Å². The van der Waals surface area contributed by atoms with Gasteiger partial charge in [0.05, 0.1) is 5.75 Å². The third-order valence-corrected chi connectivity index (χ3v) is 1.76. The van der Waals surface area contributed by atoms with E-state index in [1.165, 1.54) is 17.2 Å². The first-order valence-electron chi connectivity index (χ1n) is 2.34. The van der Waals surface area contributed by atoms with Crippen LogP contribution in [-0.2, 0) is 0 Å². The van der Waals surface area contributed by atoms with Crippen molar-refractivity contribution in [1.29, 1.82) is 0 Å². The third-order valence-electron chi connectivity index (χ3n) is 0.931. The topological polar surface area (TPSA) is 60.7 Å². The zero-order valence-corrected chi connectivity index (χ0v) is 5.35. The Hall–Kier alpha value is -0.770. The van der Waals surface area contributed by atoms with Gasteiger partial charge in [-0.3, -0.25) is 0 Å². The van der Waals surface area contributed by atoms with E-state index in [1.807, 2.05) is 0 Å². The summed E-state index contributed by atoms with van der Waals surface area (Å²) in [6, 6.07) is 0. The smallest absolute Gasteiger partial charge is 0.197 e.